The number of hydrogen-bond acceptors (Lipinski definition) is 2. The molecule has 4 heteroatoms. The molecular formula is C20H26N2O2. The SMILES string of the molecule is Cc1ccc(NC(=O)NC(C)Oc2ccccc2C(C)C)cc1C. The first-order chi connectivity index (χ1) is 11.4. The van der Waals surface area contributed by atoms with Crippen molar-refractivity contribution in [3.05, 3.63) is 59.2 Å². The van der Waals surface area contributed by atoms with Crippen LogP contribution in [-0.2, 0) is 0 Å². The first kappa shape index (κ1) is 17.9. The maximum Gasteiger partial charge on any atom is 0.322 e. The van der Waals surface area contributed by atoms with Gasteiger partial charge >= 0.3 is 6.03 Å². The van der Waals surface area contributed by atoms with Crippen LogP contribution in [0.5, 0.6) is 5.75 Å². The molecule has 0 aliphatic heterocycles. The molecule has 0 aliphatic carbocycles. The van der Waals surface area contributed by atoms with Crippen molar-refractivity contribution in [2.24, 2.45) is 0 Å². The molecule has 2 rings (SSSR count). The van der Waals surface area contributed by atoms with Gasteiger partial charge in [-0.1, -0.05) is 38.1 Å². The van der Waals surface area contributed by atoms with Crippen LogP contribution in [0, 0.1) is 13.8 Å². The summed E-state index contributed by atoms with van der Waals surface area (Å²) in [6, 6.07) is 13.4. The average molecular weight is 326 g/mol. The highest BCUT2D eigenvalue weighted by Gasteiger charge is 2.12. The van der Waals surface area contributed by atoms with Crippen molar-refractivity contribution in [2.45, 2.75) is 46.8 Å². The Balaban J connectivity index is 1.95. The van der Waals surface area contributed by atoms with Gasteiger partial charge in [-0.3, -0.25) is 0 Å². The van der Waals surface area contributed by atoms with Gasteiger partial charge in [0.1, 0.15) is 5.75 Å². The van der Waals surface area contributed by atoms with Crippen LogP contribution in [0.25, 0.3) is 0 Å². The van der Waals surface area contributed by atoms with Crippen molar-refractivity contribution >= 4 is 11.7 Å². The molecule has 0 saturated heterocycles. The molecule has 0 spiro atoms. The molecule has 4 nitrogen and oxygen atoms in total. The number of ether oxygens (including phenoxy) is 1. The van der Waals surface area contributed by atoms with Crippen molar-refractivity contribution in [3.8, 4) is 5.75 Å². The Morgan fingerprint density at radius 2 is 1.71 bits per heavy atom. The van der Waals surface area contributed by atoms with Crippen LogP contribution in [0.1, 0.15) is 43.4 Å². The van der Waals surface area contributed by atoms with E-state index in [-0.39, 0.29) is 6.03 Å². The molecule has 0 aromatic heterocycles. The van der Waals surface area contributed by atoms with Gasteiger partial charge in [0.2, 0.25) is 0 Å². The van der Waals surface area contributed by atoms with Crippen LogP contribution in [0.15, 0.2) is 42.5 Å². The quantitative estimate of drug-likeness (QED) is 0.762. The lowest BCUT2D eigenvalue weighted by atomic mass is 10.0. The molecule has 1 atom stereocenters. The minimum Gasteiger partial charge on any atom is -0.471 e. The third kappa shape index (κ3) is 4.75. The first-order valence-electron chi connectivity index (χ1n) is 8.27. The molecule has 0 aliphatic rings. The number of benzene rings is 2. The number of carbonyl (C=O) groups is 1. The van der Waals surface area contributed by atoms with Gasteiger partial charge in [-0.05, 0) is 61.6 Å². The van der Waals surface area contributed by atoms with Crippen LogP contribution in [0.2, 0.25) is 0 Å². The maximum absolute atomic E-state index is 12.1. The molecule has 2 N–H and O–H groups in total. The summed E-state index contributed by atoms with van der Waals surface area (Å²) in [5, 5.41) is 5.64. The molecule has 0 saturated carbocycles. The van der Waals surface area contributed by atoms with E-state index in [1.54, 1.807) is 0 Å². The molecule has 0 bridgehead atoms. The van der Waals surface area contributed by atoms with E-state index < -0.39 is 6.23 Å². The Bertz CT molecular complexity index is 711. The molecule has 0 fully saturated rings. The van der Waals surface area contributed by atoms with E-state index in [0.29, 0.717) is 5.92 Å². The molecular weight excluding hydrogens is 300 g/mol. The zero-order valence-electron chi connectivity index (χ0n) is 15.0. The number of aryl methyl sites for hydroxylation is 2. The Kier molecular flexibility index (Phi) is 5.85. The summed E-state index contributed by atoms with van der Waals surface area (Å²) in [4.78, 5) is 12.1. The highest BCUT2D eigenvalue weighted by Crippen LogP contribution is 2.26. The molecule has 128 valence electrons. The van der Waals surface area contributed by atoms with Gasteiger partial charge in [0.05, 0.1) is 0 Å². The summed E-state index contributed by atoms with van der Waals surface area (Å²) in [6.45, 7) is 10.1. The Morgan fingerprint density at radius 1 is 1.00 bits per heavy atom. The van der Waals surface area contributed by atoms with E-state index in [1.165, 1.54) is 5.56 Å². The van der Waals surface area contributed by atoms with E-state index in [0.717, 1.165) is 22.6 Å². The van der Waals surface area contributed by atoms with Gasteiger partial charge in [-0.25, -0.2) is 4.79 Å². The van der Waals surface area contributed by atoms with Crippen LogP contribution in [-0.4, -0.2) is 12.3 Å². The lowest BCUT2D eigenvalue weighted by molar-refractivity contribution is 0.181. The number of para-hydroxylation sites is 1. The van der Waals surface area contributed by atoms with Crippen molar-refractivity contribution in [1.82, 2.24) is 5.32 Å². The van der Waals surface area contributed by atoms with E-state index in [4.69, 9.17) is 4.74 Å². The van der Waals surface area contributed by atoms with Crippen molar-refractivity contribution in [1.29, 1.82) is 0 Å². The predicted octanol–water partition coefficient (Wildman–Crippen LogP) is 4.97. The Labute approximate surface area is 144 Å². The molecule has 2 aromatic rings. The van der Waals surface area contributed by atoms with Crippen molar-refractivity contribution in [3.63, 3.8) is 0 Å². The van der Waals surface area contributed by atoms with Gasteiger partial charge in [0.15, 0.2) is 6.23 Å². The molecule has 2 aromatic carbocycles. The van der Waals surface area contributed by atoms with E-state index in [2.05, 4.69) is 24.5 Å². The lowest BCUT2D eigenvalue weighted by Crippen LogP contribution is -2.39. The fraction of sp³-hybridized carbons (Fsp3) is 0.350. The summed E-state index contributed by atoms with van der Waals surface area (Å²) in [7, 11) is 0. The van der Waals surface area contributed by atoms with Gasteiger partial charge in [0, 0.05) is 5.69 Å². The number of amides is 2. The summed E-state index contributed by atoms with van der Waals surface area (Å²) in [5.74, 6) is 1.16. The van der Waals surface area contributed by atoms with Gasteiger partial charge in [-0.15, -0.1) is 0 Å². The van der Waals surface area contributed by atoms with E-state index in [1.807, 2.05) is 63.2 Å². The molecule has 24 heavy (non-hydrogen) atoms. The second-order valence-electron chi connectivity index (χ2n) is 6.35. The third-order valence-electron chi connectivity index (χ3n) is 3.94. The van der Waals surface area contributed by atoms with E-state index in [9.17, 15) is 4.79 Å². The van der Waals surface area contributed by atoms with Gasteiger partial charge in [0.25, 0.3) is 0 Å². The maximum atomic E-state index is 12.1. The number of rotatable bonds is 5. The fourth-order valence-corrected chi connectivity index (χ4v) is 2.46. The van der Waals surface area contributed by atoms with Crippen molar-refractivity contribution in [2.75, 3.05) is 5.32 Å². The number of hydrogen-bond donors (Lipinski definition) is 2. The minimum atomic E-state index is -0.434. The normalized spacial score (nSPS) is 11.9. The second-order valence-corrected chi connectivity index (χ2v) is 6.35. The summed E-state index contributed by atoms with van der Waals surface area (Å²) >= 11 is 0. The van der Waals surface area contributed by atoms with Crippen molar-refractivity contribution < 1.29 is 9.53 Å². The van der Waals surface area contributed by atoms with Crippen LogP contribution in [0.4, 0.5) is 10.5 Å². The first-order valence-corrected chi connectivity index (χ1v) is 8.27. The van der Waals surface area contributed by atoms with Gasteiger partial charge in [-0.2, -0.15) is 0 Å². The van der Waals surface area contributed by atoms with E-state index >= 15 is 0 Å². The highest BCUT2D eigenvalue weighted by molar-refractivity contribution is 5.89. The number of nitrogens with one attached hydrogen (secondary N) is 2. The highest BCUT2D eigenvalue weighted by atomic mass is 16.5. The summed E-state index contributed by atoms with van der Waals surface area (Å²) < 4.78 is 5.89. The zero-order valence-corrected chi connectivity index (χ0v) is 15.0. The Morgan fingerprint density at radius 3 is 2.38 bits per heavy atom. The fourth-order valence-electron chi connectivity index (χ4n) is 2.46. The Hall–Kier alpha value is -2.49. The second kappa shape index (κ2) is 7.86. The smallest absolute Gasteiger partial charge is 0.322 e. The largest absolute Gasteiger partial charge is 0.471 e. The number of carbonyl (C=O) groups excluding carboxylic acids is 1. The number of urea groups is 1. The zero-order chi connectivity index (χ0) is 17.7. The molecule has 2 amide bonds. The van der Waals surface area contributed by atoms with Gasteiger partial charge < -0.3 is 15.4 Å². The van der Waals surface area contributed by atoms with Crippen LogP contribution in [0.3, 0.4) is 0 Å². The molecule has 0 heterocycles. The minimum absolute atomic E-state index is 0.284. The predicted molar refractivity (Wildman–Crippen MR) is 98.7 cm³/mol. The third-order valence-corrected chi connectivity index (χ3v) is 3.94. The standard InChI is InChI=1S/C20H26N2O2/c1-13(2)18-8-6-7-9-19(18)24-16(5)21-20(23)22-17-11-10-14(3)15(4)12-17/h6-13,16H,1-5H3,(H2,21,22,23). The lowest BCUT2D eigenvalue weighted by Gasteiger charge is -2.20. The van der Waals surface area contributed by atoms with Crippen LogP contribution >= 0.6 is 0 Å². The monoisotopic (exact) mass is 326 g/mol. The number of anilines is 1. The summed E-state index contributed by atoms with van der Waals surface area (Å²) in [6.07, 6.45) is -0.434. The summed E-state index contributed by atoms with van der Waals surface area (Å²) in [5.41, 5.74) is 4.23. The molecule has 1 unspecified atom stereocenters. The van der Waals surface area contributed by atoms with Crippen LogP contribution < -0.4 is 15.4 Å². The topological polar surface area (TPSA) is 50.4 Å². The average Bonchev–Trinajstić information content (AvgIpc) is 2.51. The molecule has 0 radical (unpaired) electrons.